The van der Waals surface area contributed by atoms with Crippen molar-refractivity contribution in [2.75, 3.05) is 11.9 Å². The maximum Gasteiger partial charge on any atom is 0.256 e. The Morgan fingerprint density at radius 3 is 2.96 bits per heavy atom. The standard InChI is InChI=1S/C20H14Cl2N2O2S/c21-15-5-6-17(22)13(8-15)9-16-10-23-20(27-16)24-19(25)14-7-12-3-1-2-4-18(12)26-11-14/h1-8,10H,9,11H2,(H,23,24,25). The summed E-state index contributed by atoms with van der Waals surface area (Å²) in [7, 11) is 0. The van der Waals surface area contributed by atoms with Gasteiger partial charge in [0.25, 0.3) is 5.91 Å². The van der Waals surface area contributed by atoms with E-state index in [1.807, 2.05) is 36.4 Å². The summed E-state index contributed by atoms with van der Waals surface area (Å²) in [5.74, 6) is 0.565. The second kappa shape index (κ2) is 7.72. The van der Waals surface area contributed by atoms with Crippen LogP contribution in [0, 0.1) is 0 Å². The van der Waals surface area contributed by atoms with Gasteiger partial charge in [0.1, 0.15) is 12.4 Å². The number of amides is 1. The Bertz CT molecular complexity index is 1050. The summed E-state index contributed by atoms with van der Waals surface area (Å²) in [6.45, 7) is 0.235. The quantitative estimate of drug-likeness (QED) is 0.614. The number of para-hydroxylation sites is 1. The van der Waals surface area contributed by atoms with Crippen molar-refractivity contribution in [3.05, 3.63) is 80.3 Å². The molecule has 2 aromatic carbocycles. The Morgan fingerprint density at radius 2 is 2.07 bits per heavy atom. The first-order chi connectivity index (χ1) is 13.1. The highest BCUT2D eigenvalue weighted by molar-refractivity contribution is 7.15. The molecule has 4 nitrogen and oxygen atoms in total. The van der Waals surface area contributed by atoms with Gasteiger partial charge in [0.15, 0.2) is 5.13 Å². The number of carbonyl (C=O) groups is 1. The van der Waals surface area contributed by atoms with Crippen LogP contribution in [-0.2, 0) is 11.2 Å². The van der Waals surface area contributed by atoms with Crippen molar-refractivity contribution in [3.8, 4) is 5.75 Å². The molecule has 1 aliphatic rings. The fourth-order valence-corrected chi connectivity index (χ4v) is 3.95. The van der Waals surface area contributed by atoms with Crippen molar-refractivity contribution >= 4 is 51.7 Å². The first kappa shape index (κ1) is 18.0. The molecule has 1 N–H and O–H groups in total. The van der Waals surface area contributed by atoms with E-state index in [9.17, 15) is 4.79 Å². The fraction of sp³-hybridized carbons (Fsp3) is 0.100. The third kappa shape index (κ3) is 4.16. The second-order valence-corrected chi connectivity index (χ2v) is 7.95. The van der Waals surface area contributed by atoms with Gasteiger partial charge >= 0.3 is 0 Å². The van der Waals surface area contributed by atoms with Crippen LogP contribution in [0.3, 0.4) is 0 Å². The molecule has 1 aliphatic heterocycles. The number of fused-ring (bicyclic) bond motifs is 1. The Hall–Kier alpha value is -2.34. The molecule has 0 saturated heterocycles. The van der Waals surface area contributed by atoms with Gasteiger partial charge in [-0.25, -0.2) is 4.98 Å². The molecule has 0 saturated carbocycles. The minimum Gasteiger partial charge on any atom is -0.488 e. The Labute approximate surface area is 170 Å². The lowest BCUT2D eigenvalue weighted by molar-refractivity contribution is -0.113. The molecular formula is C20H14Cl2N2O2S. The number of nitrogens with zero attached hydrogens (tertiary/aromatic N) is 1. The van der Waals surface area contributed by atoms with E-state index in [1.54, 1.807) is 18.3 Å². The number of ether oxygens (including phenoxy) is 1. The van der Waals surface area contributed by atoms with Crippen LogP contribution in [0.4, 0.5) is 5.13 Å². The maximum absolute atomic E-state index is 12.5. The molecule has 3 aromatic rings. The van der Waals surface area contributed by atoms with Gasteiger partial charge in [0, 0.05) is 33.1 Å². The number of halogens is 2. The van der Waals surface area contributed by atoms with E-state index < -0.39 is 0 Å². The normalized spacial score (nSPS) is 12.7. The zero-order valence-electron chi connectivity index (χ0n) is 14.0. The van der Waals surface area contributed by atoms with Crippen molar-refractivity contribution in [1.82, 2.24) is 4.98 Å². The predicted molar refractivity (Wildman–Crippen MR) is 110 cm³/mol. The molecule has 4 rings (SSSR count). The van der Waals surface area contributed by atoms with Crippen molar-refractivity contribution < 1.29 is 9.53 Å². The lowest BCUT2D eigenvalue weighted by Crippen LogP contribution is -2.21. The van der Waals surface area contributed by atoms with Crippen molar-refractivity contribution in [3.63, 3.8) is 0 Å². The first-order valence-electron chi connectivity index (χ1n) is 8.21. The first-order valence-corrected chi connectivity index (χ1v) is 9.78. The van der Waals surface area contributed by atoms with Crippen LogP contribution in [-0.4, -0.2) is 17.5 Å². The molecule has 0 atom stereocenters. The van der Waals surface area contributed by atoms with Crippen LogP contribution in [0.5, 0.6) is 5.75 Å². The fourth-order valence-electron chi connectivity index (χ4n) is 2.74. The number of carbonyl (C=O) groups excluding carboxylic acids is 1. The van der Waals surface area contributed by atoms with Crippen LogP contribution in [0.25, 0.3) is 6.08 Å². The molecule has 0 unspecified atom stereocenters. The van der Waals surface area contributed by atoms with Gasteiger partial charge in [-0.05, 0) is 35.9 Å². The number of benzene rings is 2. The maximum atomic E-state index is 12.5. The van der Waals surface area contributed by atoms with Crippen molar-refractivity contribution in [2.45, 2.75) is 6.42 Å². The molecule has 2 heterocycles. The topological polar surface area (TPSA) is 51.2 Å². The van der Waals surface area contributed by atoms with Crippen molar-refractivity contribution in [2.24, 2.45) is 0 Å². The summed E-state index contributed by atoms with van der Waals surface area (Å²) < 4.78 is 5.63. The van der Waals surface area contributed by atoms with Crippen molar-refractivity contribution in [1.29, 1.82) is 0 Å². The number of anilines is 1. The minimum atomic E-state index is -0.216. The Morgan fingerprint density at radius 1 is 1.22 bits per heavy atom. The summed E-state index contributed by atoms with van der Waals surface area (Å²) in [6, 6.07) is 13.0. The number of nitrogens with one attached hydrogen (secondary N) is 1. The molecule has 136 valence electrons. The molecule has 7 heteroatoms. The third-order valence-corrected chi connectivity index (χ3v) is 5.59. The highest BCUT2D eigenvalue weighted by Gasteiger charge is 2.18. The van der Waals surface area contributed by atoms with Crippen LogP contribution in [0.2, 0.25) is 10.0 Å². The zero-order chi connectivity index (χ0) is 18.8. The van der Waals surface area contributed by atoms with E-state index in [0.29, 0.717) is 27.2 Å². The number of rotatable bonds is 4. The molecule has 0 radical (unpaired) electrons. The largest absolute Gasteiger partial charge is 0.488 e. The van der Waals surface area contributed by atoms with Crippen LogP contribution >= 0.6 is 34.5 Å². The highest BCUT2D eigenvalue weighted by atomic mass is 35.5. The summed E-state index contributed by atoms with van der Waals surface area (Å²) in [4.78, 5) is 17.8. The molecule has 1 aromatic heterocycles. The molecule has 0 bridgehead atoms. The summed E-state index contributed by atoms with van der Waals surface area (Å²) in [5, 5.41) is 4.66. The monoisotopic (exact) mass is 416 g/mol. The number of hydrogen-bond acceptors (Lipinski definition) is 4. The van der Waals surface area contributed by atoms with E-state index in [4.69, 9.17) is 27.9 Å². The van der Waals surface area contributed by atoms with Gasteiger partial charge in [-0.15, -0.1) is 11.3 Å². The van der Waals surface area contributed by atoms with Gasteiger partial charge in [-0.1, -0.05) is 41.4 Å². The summed E-state index contributed by atoms with van der Waals surface area (Å²) in [5.41, 5.74) is 2.37. The third-order valence-electron chi connectivity index (χ3n) is 4.07. The van der Waals surface area contributed by atoms with E-state index in [-0.39, 0.29) is 12.5 Å². The lowest BCUT2D eigenvalue weighted by Gasteiger charge is -2.16. The van der Waals surface area contributed by atoms with Crippen LogP contribution < -0.4 is 10.1 Å². The Kier molecular flexibility index (Phi) is 5.16. The molecule has 0 aliphatic carbocycles. The smallest absolute Gasteiger partial charge is 0.256 e. The summed E-state index contributed by atoms with van der Waals surface area (Å²) >= 11 is 13.7. The van der Waals surface area contributed by atoms with Gasteiger partial charge in [0.2, 0.25) is 0 Å². The van der Waals surface area contributed by atoms with E-state index in [2.05, 4.69) is 10.3 Å². The minimum absolute atomic E-state index is 0.216. The number of aromatic nitrogens is 1. The number of thiazole rings is 1. The average Bonchev–Trinajstić information content (AvgIpc) is 3.11. The van der Waals surface area contributed by atoms with Gasteiger partial charge in [0.05, 0.1) is 5.57 Å². The number of hydrogen-bond donors (Lipinski definition) is 1. The predicted octanol–water partition coefficient (Wildman–Crippen LogP) is 5.46. The molecule has 1 amide bonds. The molecule has 0 fully saturated rings. The van der Waals surface area contributed by atoms with Gasteiger partial charge in [-0.3, -0.25) is 10.1 Å². The van der Waals surface area contributed by atoms with Gasteiger partial charge < -0.3 is 4.74 Å². The second-order valence-electron chi connectivity index (χ2n) is 5.99. The Balaban J connectivity index is 1.46. The lowest BCUT2D eigenvalue weighted by atomic mass is 10.1. The average molecular weight is 417 g/mol. The van der Waals surface area contributed by atoms with E-state index >= 15 is 0 Å². The van der Waals surface area contributed by atoms with Gasteiger partial charge in [-0.2, -0.15) is 0 Å². The summed E-state index contributed by atoms with van der Waals surface area (Å²) in [6.07, 6.45) is 4.18. The molecule has 0 spiro atoms. The SMILES string of the molecule is O=C(Nc1ncc(Cc2cc(Cl)ccc2Cl)s1)C1=Cc2ccccc2OC1. The van der Waals surface area contributed by atoms with E-state index in [0.717, 1.165) is 21.8 Å². The molecule has 27 heavy (non-hydrogen) atoms. The van der Waals surface area contributed by atoms with Crippen LogP contribution in [0.1, 0.15) is 16.0 Å². The highest BCUT2D eigenvalue weighted by Crippen LogP contribution is 2.29. The van der Waals surface area contributed by atoms with Crippen LogP contribution in [0.15, 0.2) is 54.2 Å². The zero-order valence-corrected chi connectivity index (χ0v) is 16.4. The molecular weight excluding hydrogens is 403 g/mol. The van der Waals surface area contributed by atoms with E-state index in [1.165, 1.54) is 11.3 Å².